The molecule has 2 aliphatic heterocycles. The maximum absolute atomic E-state index is 13.8. The number of benzene rings is 2. The van der Waals surface area contributed by atoms with Gasteiger partial charge in [0.2, 0.25) is 0 Å². The van der Waals surface area contributed by atoms with E-state index in [0.717, 1.165) is 22.5 Å². The van der Waals surface area contributed by atoms with Crippen LogP contribution >= 0.6 is 0 Å². The molecule has 1 fully saturated rings. The van der Waals surface area contributed by atoms with Gasteiger partial charge in [0.15, 0.2) is 5.49 Å². The number of aromatic nitrogens is 3. The zero-order valence-corrected chi connectivity index (χ0v) is 21.6. The van der Waals surface area contributed by atoms with Crippen molar-refractivity contribution < 1.29 is 13.9 Å². The Morgan fingerprint density at radius 1 is 1.10 bits per heavy atom. The number of hydrogen-bond donors (Lipinski definition) is 4. The van der Waals surface area contributed by atoms with Gasteiger partial charge in [0, 0.05) is 55.6 Å². The molecule has 4 N–H and O–H groups in total. The molecule has 6 rings (SSSR count). The fraction of sp³-hybridized carbons (Fsp3) is 0.310. The molecule has 1 saturated heterocycles. The lowest BCUT2D eigenvalue weighted by Crippen LogP contribution is -2.43. The van der Waals surface area contributed by atoms with Crippen molar-refractivity contribution in [2.24, 2.45) is 5.92 Å². The van der Waals surface area contributed by atoms with E-state index in [0.29, 0.717) is 67.7 Å². The van der Waals surface area contributed by atoms with E-state index in [1.807, 2.05) is 13.0 Å². The van der Waals surface area contributed by atoms with Crippen molar-refractivity contribution in [1.29, 1.82) is 10.8 Å². The molecule has 0 unspecified atom stereocenters. The highest BCUT2D eigenvalue weighted by Crippen LogP contribution is 2.28. The minimum atomic E-state index is -0.578. The van der Waals surface area contributed by atoms with Gasteiger partial charge in [-0.05, 0) is 78.9 Å². The van der Waals surface area contributed by atoms with Crippen LogP contribution in [0, 0.1) is 29.5 Å². The fourth-order valence-corrected chi connectivity index (χ4v) is 5.58. The highest BCUT2D eigenvalue weighted by Gasteiger charge is 2.27. The van der Waals surface area contributed by atoms with E-state index in [-0.39, 0.29) is 29.0 Å². The number of rotatable bonds is 3. The van der Waals surface area contributed by atoms with Crippen LogP contribution in [0.1, 0.15) is 40.0 Å². The van der Waals surface area contributed by atoms with Crippen molar-refractivity contribution in [2.45, 2.75) is 32.7 Å². The van der Waals surface area contributed by atoms with Gasteiger partial charge in [-0.2, -0.15) is 0 Å². The van der Waals surface area contributed by atoms with Gasteiger partial charge in [-0.15, -0.1) is 0 Å². The number of carbonyl (C=O) groups excluding carboxylic acids is 1. The van der Waals surface area contributed by atoms with Crippen LogP contribution in [0.15, 0.2) is 47.3 Å². The molecule has 0 radical (unpaired) electrons. The number of amides is 1. The molecule has 4 aromatic rings. The van der Waals surface area contributed by atoms with Gasteiger partial charge in [0.25, 0.3) is 11.5 Å². The van der Waals surface area contributed by atoms with Crippen LogP contribution in [0.3, 0.4) is 0 Å². The van der Waals surface area contributed by atoms with Gasteiger partial charge in [-0.3, -0.25) is 25.0 Å². The van der Waals surface area contributed by atoms with Gasteiger partial charge < -0.3 is 19.6 Å². The van der Waals surface area contributed by atoms with Crippen LogP contribution in [0.25, 0.3) is 22.3 Å². The Kier molecular flexibility index (Phi) is 6.26. The SMILES string of the molecule is Cc1cc2[nH]c(=O)c(=N)n(C(=N)C3CCOCC3)c2cc1C(=O)N1CCc2[nH]c(-c3ccc(F)cc3)cc2C1. The first-order chi connectivity index (χ1) is 18.8. The number of carbonyl (C=O) groups is 1. The Morgan fingerprint density at radius 3 is 2.59 bits per heavy atom. The topological polar surface area (TPSA) is 131 Å². The summed E-state index contributed by atoms with van der Waals surface area (Å²) in [7, 11) is 0. The predicted molar refractivity (Wildman–Crippen MR) is 144 cm³/mol. The molecule has 0 spiro atoms. The lowest BCUT2D eigenvalue weighted by atomic mass is 9.98. The number of aromatic amines is 2. The van der Waals surface area contributed by atoms with Crippen molar-refractivity contribution >= 4 is 22.8 Å². The molecule has 4 heterocycles. The van der Waals surface area contributed by atoms with Crippen LogP contribution in [0.2, 0.25) is 0 Å². The predicted octanol–water partition coefficient (Wildman–Crippen LogP) is 3.70. The van der Waals surface area contributed by atoms with Crippen LogP contribution in [0.5, 0.6) is 0 Å². The average molecular weight is 529 g/mol. The normalized spacial score (nSPS) is 15.9. The Labute approximate surface area is 223 Å². The van der Waals surface area contributed by atoms with E-state index in [4.69, 9.17) is 15.6 Å². The number of hydrogen-bond acceptors (Lipinski definition) is 5. The summed E-state index contributed by atoms with van der Waals surface area (Å²) in [5, 5.41) is 17.3. The third-order valence-corrected chi connectivity index (χ3v) is 7.78. The number of nitrogens with one attached hydrogen (secondary N) is 4. The maximum Gasteiger partial charge on any atom is 0.291 e. The molecule has 0 aliphatic carbocycles. The first-order valence-electron chi connectivity index (χ1n) is 13.1. The van der Waals surface area contributed by atoms with Crippen LogP contribution < -0.4 is 11.0 Å². The summed E-state index contributed by atoms with van der Waals surface area (Å²) in [6, 6.07) is 11.8. The molecular weight excluding hydrogens is 499 g/mol. The number of halogens is 1. The van der Waals surface area contributed by atoms with Crippen LogP contribution in [0.4, 0.5) is 4.39 Å². The number of ether oxygens (including phenoxy) is 1. The van der Waals surface area contributed by atoms with Crippen molar-refractivity contribution in [2.75, 3.05) is 19.8 Å². The second-order valence-electron chi connectivity index (χ2n) is 10.3. The van der Waals surface area contributed by atoms with E-state index >= 15 is 0 Å². The smallest absolute Gasteiger partial charge is 0.291 e. The third kappa shape index (κ3) is 4.50. The summed E-state index contributed by atoms with van der Waals surface area (Å²) in [5.41, 5.74) is 5.06. The van der Waals surface area contributed by atoms with Crippen molar-refractivity contribution in [3.05, 3.63) is 86.5 Å². The molecule has 9 nitrogen and oxygen atoms in total. The lowest BCUT2D eigenvalue weighted by molar-refractivity contribution is 0.0733. The minimum absolute atomic E-state index is 0.136. The van der Waals surface area contributed by atoms with Crippen LogP contribution in [-0.4, -0.2) is 50.9 Å². The number of fused-ring (bicyclic) bond motifs is 2. The standard InChI is InChI=1S/C29H29FN6O3/c1-16-12-24-25(36(27(32)28(37)34-24)26(31)18-7-10-39-11-8-18)14-21(16)29(38)35-9-6-22-19(15-35)13-23(33-22)17-2-4-20(30)5-3-17/h2-5,12-14,18,31-33H,6-11,15H2,1H3,(H,34,37). The first-order valence-corrected chi connectivity index (χ1v) is 13.1. The highest BCUT2D eigenvalue weighted by atomic mass is 19.1. The second kappa shape index (κ2) is 9.77. The summed E-state index contributed by atoms with van der Waals surface area (Å²) >= 11 is 0. The lowest BCUT2D eigenvalue weighted by Gasteiger charge is -2.28. The Morgan fingerprint density at radius 2 is 1.85 bits per heavy atom. The minimum Gasteiger partial charge on any atom is -0.381 e. The van der Waals surface area contributed by atoms with E-state index in [9.17, 15) is 14.0 Å². The Balaban J connectivity index is 1.34. The molecule has 1 amide bonds. The zero-order valence-electron chi connectivity index (χ0n) is 21.6. The van der Waals surface area contributed by atoms with Gasteiger partial charge in [0.1, 0.15) is 11.7 Å². The molecule has 0 bridgehead atoms. The number of H-pyrrole nitrogens is 2. The van der Waals surface area contributed by atoms with Crippen molar-refractivity contribution in [3.8, 4) is 11.3 Å². The average Bonchev–Trinajstić information content (AvgIpc) is 3.37. The quantitative estimate of drug-likeness (QED) is 0.239. The highest BCUT2D eigenvalue weighted by molar-refractivity contribution is 6.01. The summed E-state index contributed by atoms with van der Waals surface area (Å²) in [4.78, 5) is 34.3. The van der Waals surface area contributed by atoms with E-state index in [1.54, 1.807) is 29.2 Å². The molecule has 39 heavy (non-hydrogen) atoms. The summed E-state index contributed by atoms with van der Waals surface area (Å²) in [6.07, 6.45) is 1.95. The summed E-state index contributed by atoms with van der Waals surface area (Å²) in [5.74, 6) is -0.400. The Hall–Kier alpha value is -4.31. The van der Waals surface area contributed by atoms with Crippen LogP contribution in [-0.2, 0) is 17.7 Å². The Bertz CT molecular complexity index is 1730. The van der Waals surface area contributed by atoms with E-state index < -0.39 is 5.56 Å². The fourth-order valence-electron chi connectivity index (χ4n) is 5.58. The molecule has 2 aliphatic rings. The molecule has 200 valence electrons. The first kappa shape index (κ1) is 25.0. The third-order valence-electron chi connectivity index (χ3n) is 7.78. The molecular formula is C29H29FN6O3. The second-order valence-corrected chi connectivity index (χ2v) is 10.3. The van der Waals surface area contributed by atoms with E-state index in [2.05, 4.69) is 9.97 Å². The maximum atomic E-state index is 13.8. The number of nitrogens with zero attached hydrogens (tertiary/aromatic N) is 2. The largest absolute Gasteiger partial charge is 0.381 e. The molecule has 2 aromatic carbocycles. The van der Waals surface area contributed by atoms with Gasteiger partial charge >= 0.3 is 0 Å². The van der Waals surface area contributed by atoms with Gasteiger partial charge in [-0.25, -0.2) is 4.39 Å². The number of aryl methyl sites for hydroxylation is 1. The molecule has 0 saturated carbocycles. The van der Waals surface area contributed by atoms with Crippen molar-refractivity contribution in [3.63, 3.8) is 0 Å². The summed E-state index contributed by atoms with van der Waals surface area (Å²) in [6.45, 7) is 3.84. The van der Waals surface area contributed by atoms with Gasteiger partial charge in [-0.1, -0.05) is 0 Å². The van der Waals surface area contributed by atoms with E-state index in [1.165, 1.54) is 16.7 Å². The molecule has 10 heteroatoms. The summed E-state index contributed by atoms with van der Waals surface area (Å²) < 4.78 is 20.2. The molecule has 2 aromatic heterocycles. The van der Waals surface area contributed by atoms with Crippen molar-refractivity contribution in [1.82, 2.24) is 19.4 Å². The zero-order chi connectivity index (χ0) is 27.3. The monoisotopic (exact) mass is 528 g/mol. The molecule has 0 atom stereocenters. The van der Waals surface area contributed by atoms with Gasteiger partial charge in [0.05, 0.1) is 11.0 Å².